The van der Waals surface area contributed by atoms with Gasteiger partial charge < -0.3 is 0 Å². The zero-order valence-electron chi connectivity index (χ0n) is 10.5. The summed E-state index contributed by atoms with van der Waals surface area (Å²) in [6, 6.07) is 8.47. The molecule has 0 bridgehead atoms. The highest BCUT2D eigenvalue weighted by molar-refractivity contribution is 5.99. The Morgan fingerprint density at radius 3 is 2.28 bits per heavy atom. The number of hydrogen-bond acceptors (Lipinski definition) is 2. The first kappa shape index (κ1) is 11.5. The van der Waals surface area contributed by atoms with Crippen LogP contribution in [-0.2, 0) is 9.59 Å². The quantitative estimate of drug-likeness (QED) is 0.810. The van der Waals surface area contributed by atoms with E-state index in [0.29, 0.717) is 6.42 Å². The maximum absolute atomic E-state index is 11.6. The van der Waals surface area contributed by atoms with Crippen molar-refractivity contribution >= 4 is 11.8 Å². The number of amides is 2. The molecule has 0 aromatic heterocycles. The van der Waals surface area contributed by atoms with Gasteiger partial charge in [-0.05, 0) is 29.9 Å². The second-order valence-corrected chi connectivity index (χ2v) is 5.45. The molecule has 1 saturated heterocycles. The van der Waals surface area contributed by atoms with Crippen molar-refractivity contribution in [1.82, 2.24) is 5.32 Å². The molecule has 3 rings (SSSR count). The Labute approximate surface area is 107 Å². The second kappa shape index (κ2) is 4.23. The summed E-state index contributed by atoms with van der Waals surface area (Å²) in [5.41, 5.74) is 2.49. The molecule has 1 heterocycles. The lowest BCUT2D eigenvalue weighted by molar-refractivity contribution is -0.136. The third-order valence-electron chi connectivity index (χ3n) is 4.10. The fourth-order valence-corrected chi connectivity index (χ4v) is 2.70. The van der Waals surface area contributed by atoms with Gasteiger partial charge in [-0.3, -0.25) is 14.9 Å². The van der Waals surface area contributed by atoms with Crippen LogP contribution >= 0.6 is 0 Å². The molecule has 2 atom stereocenters. The monoisotopic (exact) mass is 243 g/mol. The molecule has 1 aromatic rings. The number of nitrogens with one attached hydrogen (secondary N) is 1. The van der Waals surface area contributed by atoms with Crippen LogP contribution in [0.1, 0.15) is 49.1 Å². The zero-order valence-corrected chi connectivity index (χ0v) is 10.5. The molecule has 1 saturated carbocycles. The molecule has 1 aromatic carbocycles. The average Bonchev–Trinajstić information content (AvgIpc) is 3.18. The van der Waals surface area contributed by atoms with Crippen LogP contribution in [0.2, 0.25) is 0 Å². The summed E-state index contributed by atoms with van der Waals surface area (Å²) in [6.07, 6.45) is 3.00. The molecule has 3 heteroatoms. The molecular weight excluding hydrogens is 226 g/mol. The molecule has 2 fully saturated rings. The summed E-state index contributed by atoms with van der Waals surface area (Å²) >= 11 is 0. The molecular formula is C15H17NO2. The smallest absolute Gasteiger partial charge is 0.230 e. The minimum atomic E-state index is -0.158. The Morgan fingerprint density at radius 2 is 1.67 bits per heavy atom. The third-order valence-corrected chi connectivity index (χ3v) is 4.10. The molecule has 1 aliphatic carbocycles. The van der Waals surface area contributed by atoms with Crippen LogP contribution in [0.5, 0.6) is 0 Å². The molecule has 94 valence electrons. The highest BCUT2D eigenvalue weighted by atomic mass is 16.2. The Balaban J connectivity index is 1.83. The SMILES string of the molecule is CC1C(=O)NC(=O)CC1c1ccc(C2CC2)cc1. The average molecular weight is 243 g/mol. The lowest BCUT2D eigenvalue weighted by Gasteiger charge is -2.27. The van der Waals surface area contributed by atoms with Gasteiger partial charge in [0.25, 0.3) is 0 Å². The highest BCUT2D eigenvalue weighted by Gasteiger charge is 2.33. The number of carbonyl (C=O) groups is 2. The van der Waals surface area contributed by atoms with E-state index in [4.69, 9.17) is 0 Å². The predicted molar refractivity (Wildman–Crippen MR) is 68.1 cm³/mol. The van der Waals surface area contributed by atoms with E-state index in [2.05, 4.69) is 29.6 Å². The van der Waals surface area contributed by atoms with Gasteiger partial charge >= 0.3 is 0 Å². The van der Waals surface area contributed by atoms with E-state index < -0.39 is 0 Å². The maximum Gasteiger partial charge on any atom is 0.230 e. The van der Waals surface area contributed by atoms with Crippen LogP contribution in [-0.4, -0.2) is 11.8 Å². The van der Waals surface area contributed by atoms with E-state index >= 15 is 0 Å². The van der Waals surface area contributed by atoms with Crippen LogP contribution in [0, 0.1) is 5.92 Å². The first-order chi connectivity index (χ1) is 8.65. The summed E-state index contributed by atoms with van der Waals surface area (Å²) in [5, 5.41) is 2.39. The molecule has 2 unspecified atom stereocenters. The number of rotatable bonds is 2. The van der Waals surface area contributed by atoms with Gasteiger partial charge in [-0.25, -0.2) is 0 Å². The number of benzene rings is 1. The van der Waals surface area contributed by atoms with Crippen LogP contribution in [0.15, 0.2) is 24.3 Å². The van der Waals surface area contributed by atoms with Crippen molar-refractivity contribution in [2.75, 3.05) is 0 Å². The van der Waals surface area contributed by atoms with E-state index in [1.165, 1.54) is 18.4 Å². The van der Waals surface area contributed by atoms with Crippen molar-refractivity contribution in [2.24, 2.45) is 5.92 Å². The van der Waals surface area contributed by atoms with Crippen LogP contribution in [0.4, 0.5) is 0 Å². The van der Waals surface area contributed by atoms with Crippen LogP contribution < -0.4 is 5.32 Å². The van der Waals surface area contributed by atoms with Gasteiger partial charge in [0.15, 0.2) is 0 Å². The molecule has 2 aliphatic rings. The second-order valence-electron chi connectivity index (χ2n) is 5.45. The number of imide groups is 1. The van der Waals surface area contributed by atoms with E-state index in [9.17, 15) is 9.59 Å². The first-order valence-electron chi connectivity index (χ1n) is 6.58. The highest BCUT2D eigenvalue weighted by Crippen LogP contribution is 2.41. The minimum absolute atomic E-state index is 0.0273. The summed E-state index contributed by atoms with van der Waals surface area (Å²) < 4.78 is 0. The van der Waals surface area contributed by atoms with Crippen molar-refractivity contribution in [3.63, 3.8) is 0 Å². The third kappa shape index (κ3) is 2.05. The number of hydrogen-bond donors (Lipinski definition) is 1. The molecule has 3 nitrogen and oxygen atoms in total. The maximum atomic E-state index is 11.6. The van der Waals surface area contributed by atoms with Gasteiger partial charge in [-0.1, -0.05) is 31.2 Å². The zero-order chi connectivity index (χ0) is 12.7. The molecule has 0 radical (unpaired) electrons. The van der Waals surface area contributed by atoms with E-state index in [-0.39, 0.29) is 23.7 Å². The summed E-state index contributed by atoms with van der Waals surface area (Å²) in [7, 11) is 0. The Kier molecular flexibility index (Phi) is 2.69. The minimum Gasteiger partial charge on any atom is -0.296 e. The van der Waals surface area contributed by atoms with Crippen molar-refractivity contribution in [1.29, 1.82) is 0 Å². The fourth-order valence-electron chi connectivity index (χ4n) is 2.70. The van der Waals surface area contributed by atoms with Gasteiger partial charge in [0.2, 0.25) is 11.8 Å². The normalized spacial score (nSPS) is 28.1. The lowest BCUT2D eigenvalue weighted by Crippen LogP contribution is -2.43. The molecule has 1 aliphatic heterocycles. The van der Waals surface area contributed by atoms with Crippen molar-refractivity contribution < 1.29 is 9.59 Å². The Morgan fingerprint density at radius 1 is 1.06 bits per heavy atom. The first-order valence-corrected chi connectivity index (χ1v) is 6.58. The Hall–Kier alpha value is -1.64. The van der Waals surface area contributed by atoms with Gasteiger partial charge in [0.05, 0.1) is 0 Å². The van der Waals surface area contributed by atoms with Gasteiger partial charge in [0, 0.05) is 18.3 Å². The lowest BCUT2D eigenvalue weighted by atomic mass is 9.81. The molecule has 0 spiro atoms. The largest absolute Gasteiger partial charge is 0.296 e. The molecule has 2 amide bonds. The number of carbonyl (C=O) groups excluding carboxylic acids is 2. The summed E-state index contributed by atoms with van der Waals surface area (Å²) in [5.74, 6) is 0.332. The topological polar surface area (TPSA) is 46.2 Å². The van der Waals surface area contributed by atoms with Crippen molar-refractivity contribution in [3.05, 3.63) is 35.4 Å². The van der Waals surface area contributed by atoms with Crippen molar-refractivity contribution in [2.45, 2.75) is 38.0 Å². The molecule has 18 heavy (non-hydrogen) atoms. The fraction of sp³-hybridized carbons (Fsp3) is 0.467. The van der Waals surface area contributed by atoms with Crippen LogP contribution in [0.25, 0.3) is 0 Å². The van der Waals surface area contributed by atoms with Gasteiger partial charge in [-0.15, -0.1) is 0 Å². The Bertz CT molecular complexity index is 488. The molecule has 1 N–H and O–H groups in total. The summed E-state index contributed by atoms with van der Waals surface area (Å²) in [6.45, 7) is 1.89. The van der Waals surface area contributed by atoms with E-state index in [1.54, 1.807) is 0 Å². The number of piperidine rings is 1. The van der Waals surface area contributed by atoms with E-state index in [1.807, 2.05) is 6.92 Å². The van der Waals surface area contributed by atoms with E-state index in [0.717, 1.165) is 11.5 Å². The predicted octanol–water partition coefficient (Wildman–Crippen LogP) is 2.33. The van der Waals surface area contributed by atoms with Crippen LogP contribution in [0.3, 0.4) is 0 Å². The summed E-state index contributed by atoms with van der Waals surface area (Å²) in [4.78, 5) is 23.1. The van der Waals surface area contributed by atoms with Gasteiger partial charge in [0.1, 0.15) is 0 Å². The standard InChI is InChI=1S/C15H17NO2/c1-9-13(8-14(17)16-15(9)18)12-6-4-11(5-7-12)10-2-3-10/h4-7,9-10,13H,2-3,8H2,1H3,(H,16,17,18). The van der Waals surface area contributed by atoms with Gasteiger partial charge in [-0.2, -0.15) is 0 Å². The van der Waals surface area contributed by atoms with Crippen molar-refractivity contribution in [3.8, 4) is 0 Å².